The summed E-state index contributed by atoms with van der Waals surface area (Å²) < 4.78 is 5.36. The van der Waals surface area contributed by atoms with Gasteiger partial charge in [-0.3, -0.25) is 4.90 Å². The van der Waals surface area contributed by atoms with Crippen molar-refractivity contribution in [3.05, 3.63) is 78.6 Å². The summed E-state index contributed by atoms with van der Waals surface area (Å²) in [5.74, 6) is 0.477. The van der Waals surface area contributed by atoms with Crippen LogP contribution >= 0.6 is 0 Å². The lowest BCUT2D eigenvalue weighted by Gasteiger charge is -2.16. The van der Waals surface area contributed by atoms with Gasteiger partial charge in [0.25, 0.3) is 0 Å². The molecule has 0 aliphatic rings. The van der Waals surface area contributed by atoms with E-state index in [2.05, 4.69) is 5.10 Å². The van der Waals surface area contributed by atoms with Crippen LogP contribution in [0.3, 0.4) is 0 Å². The highest BCUT2D eigenvalue weighted by molar-refractivity contribution is 5.88. The van der Waals surface area contributed by atoms with Crippen LogP contribution in [0, 0.1) is 0 Å². The zero-order valence-electron chi connectivity index (χ0n) is 13.2. The van der Waals surface area contributed by atoms with Crippen molar-refractivity contribution in [2.45, 2.75) is 6.61 Å². The fourth-order valence-corrected chi connectivity index (χ4v) is 2.05. The lowest BCUT2D eigenvalue weighted by molar-refractivity contribution is 0.0700. The van der Waals surface area contributed by atoms with Crippen molar-refractivity contribution in [1.29, 1.82) is 0 Å². The molecule has 0 saturated carbocycles. The minimum absolute atomic E-state index is 0.375. The highest BCUT2D eigenvalue weighted by atomic mass is 16.7. The highest BCUT2D eigenvalue weighted by Gasteiger charge is 2.12. The van der Waals surface area contributed by atoms with E-state index in [1.165, 1.54) is 9.75 Å². The average Bonchev–Trinajstić information content (AvgIpc) is 3.15. The molecule has 0 atom stereocenters. The molecule has 0 aliphatic heterocycles. The maximum absolute atomic E-state index is 12.1. The number of carbonyl (C=O) groups is 1. The van der Waals surface area contributed by atoms with Crippen LogP contribution in [0.2, 0.25) is 0 Å². The van der Waals surface area contributed by atoms with Crippen LogP contribution in [-0.2, 0) is 6.61 Å². The van der Waals surface area contributed by atoms with Gasteiger partial charge in [0.1, 0.15) is 12.4 Å². The third kappa shape index (κ3) is 3.92. The molecule has 0 fully saturated rings. The molecule has 3 aromatic rings. The van der Waals surface area contributed by atoms with Crippen molar-refractivity contribution in [3.8, 4) is 5.75 Å². The first-order valence-corrected chi connectivity index (χ1v) is 7.45. The number of benzene rings is 2. The van der Waals surface area contributed by atoms with Gasteiger partial charge in [-0.05, 0) is 35.9 Å². The lowest BCUT2D eigenvalue weighted by Crippen LogP contribution is -2.29. The number of hydrogen-bond donors (Lipinski definition) is 0. The van der Waals surface area contributed by atoms with Gasteiger partial charge in [-0.2, -0.15) is 0 Å². The summed E-state index contributed by atoms with van der Waals surface area (Å²) in [6.45, 7) is 0.375. The molecule has 122 valence electrons. The molecule has 0 spiro atoms. The van der Waals surface area contributed by atoms with Crippen LogP contribution in [-0.4, -0.2) is 23.1 Å². The summed E-state index contributed by atoms with van der Waals surface area (Å²) in [5.41, 5.74) is 1.72. The molecule has 1 heterocycles. The molecule has 1 amide bonds. The van der Waals surface area contributed by atoms with E-state index in [1.807, 2.05) is 42.5 Å². The van der Waals surface area contributed by atoms with E-state index in [1.54, 1.807) is 37.6 Å². The van der Waals surface area contributed by atoms with Crippen molar-refractivity contribution in [2.75, 3.05) is 11.9 Å². The largest absolute Gasteiger partial charge is 0.419 e. The first-order valence-electron chi connectivity index (χ1n) is 7.45. The molecular weight excluding hydrogens is 306 g/mol. The standard InChI is InChI=1S/C18H17N3O3/c1-20(16-6-3-2-4-7-16)18(22)24-17-10-8-15(9-11-17)14-23-21-13-5-12-19-21/h2-13H,14H2,1H3. The fourth-order valence-electron chi connectivity index (χ4n) is 2.05. The number of anilines is 1. The van der Waals surface area contributed by atoms with Gasteiger partial charge in [0.05, 0.1) is 12.4 Å². The van der Waals surface area contributed by atoms with Gasteiger partial charge in [-0.15, -0.1) is 9.94 Å². The van der Waals surface area contributed by atoms with E-state index in [0.29, 0.717) is 12.4 Å². The molecular formula is C18H17N3O3. The van der Waals surface area contributed by atoms with Crippen LogP contribution in [0.1, 0.15) is 5.56 Å². The minimum atomic E-state index is -0.443. The van der Waals surface area contributed by atoms with Crippen molar-refractivity contribution < 1.29 is 14.4 Å². The van der Waals surface area contributed by atoms with E-state index < -0.39 is 6.09 Å². The Morgan fingerprint density at radius 3 is 2.50 bits per heavy atom. The predicted octanol–water partition coefficient (Wildman–Crippen LogP) is 3.15. The van der Waals surface area contributed by atoms with Crippen molar-refractivity contribution in [1.82, 2.24) is 9.94 Å². The maximum Gasteiger partial charge on any atom is 0.419 e. The van der Waals surface area contributed by atoms with Crippen molar-refractivity contribution in [3.63, 3.8) is 0 Å². The number of ether oxygens (including phenoxy) is 1. The van der Waals surface area contributed by atoms with E-state index in [4.69, 9.17) is 9.57 Å². The molecule has 6 nitrogen and oxygen atoms in total. The van der Waals surface area contributed by atoms with Gasteiger partial charge in [0.2, 0.25) is 0 Å². The van der Waals surface area contributed by atoms with E-state index in [-0.39, 0.29) is 0 Å². The fraction of sp³-hybridized carbons (Fsp3) is 0.111. The molecule has 0 N–H and O–H groups in total. The Morgan fingerprint density at radius 2 is 1.83 bits per heavy atom. The number of amides is 1. The van der Waals surface area contributed by atoms with Gasteiger partial charge in [-0.1, -0.05) is 30.3 Å². The molecule has 2 aromatic carbocycles. The molecule has 0 radical (unpaired) electrons. The molecule has 1 aromatic heterocycles. The zero-order chi connectivity index (χ0) is 16.8. The van der Waals surface area contributed by atoms with Gasteiger partial charge in [0.15, 0.2) is 0 Å². The second kappa shape index (κ2) is 7.32. The topological polar surface area (TPSA) is 56.6 Å². The van der Waals surface area contributed by atoms with Gasteiger partial charge in [-0.25, -0.2) is 4.79 Å². The van der Waals surface area contributed by atoms with E-state index >= 15 is 0 Å². The number of para-hydroxylation sites is 1. The Labute approximate surface area is 139 Å². The van der Waals surface area contributed by atoms with Gasteiger partial charge < -0.3 is 9.57 Å². The quantitative estimate of drug-likeness (QED) is 0.724. The molecule has 24 heavy (non-hydrogen) atoms. The summed E-state index contributed by atoms with van der Waals surface area (Å²) in [5, 5.41) is 3.96. The van der Waals surface area contributed by atoms with Crippen molar-refractivity contribution >= 4 is 11.8 Å². The molecule has 3 rings (SSSR count). The minimum Gasteiger partial charge on any atom is -0.410 e. The Bertz CT molecular complexity index is 771. The van der Waals surface area contributed by atoms with Crippen LogP contribution in [0.15, 0.2) is 73.1 Å². The summed E-state index contributed by atoms with van der Waals surface area (Å²) in [4.78, 5) is 20.4. The zero-order valence-corrected chi connectivity index (χ0v) is 13.2. The Hall–Kier alpha value is -3.28. The SMILES string of the molecule is CN(C(=O)Oc1ccc(COn2cccn2)cc1)c1ccccc1. The summed E-state index contributed by atoms with van der Waals surface area (Å²) in [7, 11) is 1.67. The lowest BCUT2D eigenvalue weighted by atomic mass is 10.2. The number of nitrogens with zero attached hydrogens (tertiary/aromatic N) is 3. The summed E-state index contributed by atoms with van der Waals surface area (Å²) >= 11 is 0. The van der Waals surface area contributed by atoms with Crippen LogP contribution in [0.5, 0.6) is 5.75 Å². The molecule has 0 saturated heterocycles. The average molecular weight is 323 g/mol. The van der Waals surface area contributed by atoms with Gasteiger partial charge >= 0.3 is 6.09 Å². The Kier molecular flexibility index (Phi) is 4.76. The number of rotatable bonds is 5. The van der Waals surface area contributed by atoms with Crippen LogP contribution in [0.25, 0.3) is 0 Å². The predicted molar refractivity (Wildman–Crippen MR) is 89.8 cm³/mol. The van der Waals surface area contributed by atoms with E-state index in [0.717, 1.165) is 11.3 Å². The normalized spacial score (nSPS) is 10.2. The maximum atomic E-state index is 12.1. The first-order chi connectivity index (χ1) is 11.7. The number of carbonyl (C=O) groups excluding carboxylic acids is 1. The van der Waals surface area contributed by atoms with Crippen molar-refractivity contribution in [2.24, 2.45) is 0 Å². The number of hydrogen-bond acceptors (Lipinski definition) is 4. The second-order valence-electron chi connectivity index (χ2n) is 5.09. The van der Waals surface area contributed by atoms with Crippen LogP contribution in [0.4, 0.5) is 10.5 Å². The smallest absolute Gasteiger partial charge is 0.410 e. The molecule has 0 aliphatic carbocycles. The molecule has 0 unspecified atom stereocenters. The van der Waals surface area contributed by atoms with E-state index in [9.17, 15) is 4.79 Å². The second-order valence-corrected chi connectivity index (χ2v) is 5.09. The van der Waals surface area contributed by atoms with Crippen LogP contribution < -0.4 is 14.5 Å². The third-order valence-corrected chi connectivity index (χ3v) is 3.39. The summed E-state index contributed by atoms with van der Waals surface area (Å²) in [6, 6.07) is 18.3. The first kappa shape index (κ1) is 15.6. The molecule has 0 bridgehead atoms. The third-order valence-electron chi connectivity index (χ3n) is 3.39. The molecule has 6 heteroatoms. The number of aromatic nitrogens is 2. The highest BCUT2D eigenvalue weighted by Crippen LogP contribution is 2.16. The summed E-state index contributed by atoms with van der Waals surface area (Å²) in [6.07, 6.45) is 2.92. The monoisotopic (exact) mass is 323 g/mol. The Balaban J connectivity index is 1.56. The van der Waals surface area contributed by atoms with Gasteiger partial charge in [0, 0.05) is 12.7 Å². The Morgan fingerprint density at radius 1 is 1.08 bits per heavy atom.